The summed E-state index contributed by atoms with van der Waals surface area (Å²) in [5.74, 6) is 0. The van der Waals surface area contributed by atoms with E-state index < -0.39 is 0 Å². The van der Waals surface area contributed by atoms with Gasteiger partial charge in [0, 0.05) is 12.8 Å². The van der Waals surface area contributed by atoms with Crippen molar-refractivity contribution in [3.8, 4) is 0 Å². The molecule has 1 heterocycles. The Morgan fingerprint density at radius 1 is 1.38 bits per heavy atom. The van der Waals surface area contributed by atoms with Crippen molar-refractivity contribution in [1.29, 1.82) is 0 Å². The number of nitrogens with one attached hydrogen (secondary N) is 1. The van der Waals surface area contributed by atoms with Gasteiger partial charge in [-0.15, -0.1) is 0 Å². The molecule has 0 amide bonds. The molecule has 0 aromatic heterocycles. The number of rotatable bonds is 5. The predicted molar refractivity (Wildman–Crippen MR) is 55.3 cm³/mol. The number of hydrogen-bond acceptors (Lipinski definition) is 1. The van der Waals surface area contributed by atoms with Gasteiger partial charge in [-0.2, -0.15) is 0 Å². The van der Waals surface area contributed by atoms with Gasteiger partial charge in [-0.05, 0) is 19.4 Å². The molecule has 0 spiro atoms. The Morgan fingerprint density at radius 3 is 2.69 bits per heavy atom. The van der Waals surface area contributed by atoms with Crippen LogP contribution in [0.4, 0.5) is 0 Å². The SMILES string of the molecule is CCCCCCC1(C)CC=C[NH+]1[O-]. The summed E-state index contributed by atoms with van der Waals surface area (Å²) in [6, 6.07) is 0. The molecule has 0 radical (unpaired) electrons. The van der Waals surface area contributed by atoms with E-state index in [1.165, 1.54) is 25.7 Å². The Labute approximate surface area is 81.2 Å². The molecule has 2 heteroatoms. The van der Waals surface area contributed by atoms with Crippen LogP contribution in [-0.4, -0.2) is 5.54 Å². The van der Waals surface area contributed by atoms with Gasteiger partial charge in [-0.3, -0.25) is 0 Å². The number of hydrogen-bond donors (Lipinski definition) is 1. The zero-order valence-electron chi connectivity index (χ0n) is 8.81. The fourth-order valence-corrected chi connectivity index (χ4v) is 1.90. The topological polar surface area (TPSA) is 27.5 Å². The van der Waals surface area contributed by atoms with E-state index >= 15 is 0 Å². The lowest BCUT2D eigenvalue weighted by Crippen LogP contribution is -3.10. The van der Waals surface area contributed by atoms with Gasteiger partial charge >= 0.3 is 0 Å². The van der Waals surface area contributed by atoms with Crippen LogP contribution in [0.15, 0.2) is 12.3 Å². The summed E-state index contributed by atoms with van der Waals surface area (Å²) in [5.41, 5.74) is -0.0479. The minimum atomic E-state index is -0.0479. The standard InChI is InChI=1S/C11H21NO/c1-3-4-5-6-8-11(2)9-7-10-12(11)13/h7,10,12H,3-6,8-9H2,1-2H3. The van der Waals surface area contributed by atoms with Crippen molar-refractivity contribution < 1.29 is 5.06 Å². The van der Waals surface area contributed by atoms with Gasteiger partial charge in [0.1, 0.15) is 5.54 Å². The van der Waals surface area contributed by atoms with Gasteiger partial charge in [-0.1, -0.05) is 26.2 Å². The molecule has 0 aromatic carbocycles. The maximum absolute atomic E-state index is 11.5. The van der Waals surface area contributed by atoms with Crippen molar-refractivity contribution in [3.63, 3.8) is 0 Å². The van der Waals surface area contributed by atoms with Gasteiger partial charge in [0.2, 0.25) is 0 Å². The molecule has 0 aromatic rings. The lowest BCUT2D eigenvalue weighted by Gasteiger charge is -2.33. The van der Waals surface area contributed by atoms with Crippen LogP contribution >= 0.6 is 0 Å². The van der Waals surface area contributed by atoms with Crippen LogP contribution in [0.3, 0.4) is 0 Å². The molecule has 0 saturated carbocycles. The molecule has 0 aliphatic carbocycles. The van der Waals surface area contributed by atoms with Gasteiger partial charge < -0.3 is 10.3 Å². The molecule has 1 aliphatic rings. The van der Waals surface area contributed by atoms with Crippen LogP contribution in [0.2, 0.25) is 0 Å². The summed E-state index contributed by atoms with van der Waals surface area (Å²) >= 11 is 0. The van der Waals surface area contributed by atoms with E-state index in [-0.39, 0.29) is 5.54 Å². The first-order valence-electron chi connectivity index (χ1n) is 5.40. The van der Waals surface area contributed by atoms with Crippen LogP contribution in [-0.2, 0) is 0 Å². The third-order valence-corrected chi connectivity index (χ3v) is 3.01. The number of quaternary nitrogens is 1. The minimum absolute atomic E-state index is 0.0479. The molecular weight excluding hydrogens is 162 g/mol. The molecule has 0 saturated heterocycles. The van der Waals surface area contributed by atoms with Gasteiger partial charge in [0.25, 0.3) is 0 Å². The Balaban J connectivity index is 2.20. The zero-order valence-corrected chi connectivity index (χ0v) is 8.81. The lowest BCUT2D eigenvalue weighted by atomic mass is 9.92. The summed E-state index contributed by atoms with van der Waals surface area (Å²) in [6.45, 7) is 4.31. The van der Waals surface area contributed by atoms with Crippen LogP contribution < -0.4 is 5.06 Å². The largest absolute Gasteiger partial charge is 0.629 e. The normalized spacial score (nSPS) is 32.7. The summed E-state index contributed by atoms with van der Waals surface area (Å²) in [6.07, 6.45) is 10.8. The van der Waals surface area contributed by atoms with Gasteiger partial charge in [-0.25, -0.2) is 0 Å². The molecule has 2 unspecified atom stereocenters. The first kappa shape index (κ1) is 10.7. The Kier molecular flexibility index (Phi) is 3.94. The zero-order chi connectivity index (χ0) is 9.73. The van der Waals surface area contributed by atoms with Gasteiger partial charge in [0.15, 0.2) is 0 Å². The van der Waals surface area contributed by atoms with Crippen LogP contribution in [0.5, 0.6) is 0 Å². The molecule has 2 atom stereocenters. The van der Waals surface area contributed by atoms with Crippen molar-refractivity contribution in [3.05, 3.63) is 17.5 Å². The van der Waals surface area contributed by atoms with Crippen molar-refractivity contribution in [1.82, 2.24) is 0 Å². The summed E-state index contributed by atoms with van der Waals surface area (Å²) in [7, 11) is 0. The monoisotopic (exact) mass is 183 g/mol. The number of hydroxylamine groups is 2. The van der Waals surface area contributed by atoms with Crippen molar-refractivity contribution in [2.24, 2.45) is 0 Å². The lowest BCUT2D eigenvalue weighted by molar-refractivity contribution is -0.845. The average molecular weight is 183 g/mol. The maximum Gasteiger partial charge on any atom is 0.102 e. The molecular formula is C11H21NO. The second-order valence-corrected chi connectivity index (χ2v) is 4.34. The smallest absolute Gasteiger partial charge is 0.102 e. The Bertz CT molecular complexity index is 179. The molecule has 1 rings (SSSR count). The predicted octanol–water partition coefficient (Wildman–Crippen LogP) is 2.02. The highest BCUT2D eigenvalue weighted by atomic mass is 16.5. The van der Waals surface area contributed by atoms with Gasteiger partial charge in [0.05, 0.1) is 6.20 Å². The second kappa shape index (κ2) is 4.77. The second-order valence-electron chi connectivity index (χ2n) is 4.34. The van der Waals surface area contributed by atoms with Crippen molar-refractivity contribution in [2.45, 2.75) is 57.9 Å². The van der Waals surface area contributed by atoms with E-state index in [4.69, 9.17) is 0 Å². The molecule has 1 aliphatic heterocycles. The number of unbranched alkanes of at least 4 members (excludes halogenated alkanes) is 3. The third kappa shape index (κ3) is 2.82. The van der Waals surface area contributed by atoms with E-state index in [2.05, 4.69) is 13.8 Å². The fourth-order valence-electron chi connectivity index (χ4n) is 1.90. The maximum atomic E-state index is 11.5. The molecule has 0 bridgehead atoms. The molecule has 1 N–H and O–H groups in total. The highest BCUT2D eigenvalue weighted by molar-refractivity contribution is 4.92. The average Bonchev–Trinajstić information content (AvgIpc) is 2.42. The van der Waals surface area contributed by atoms with E-state index in [0.717, 1.165) is 12.8 Å². The van der Waals surface area contributed by atoms with E-state index in [1.807, 2.05) is 6.08 Å². The molecule has 76 valence electrons. The molecule has 2 nitrogen and oxygen atoms in total. The summed E-state index contributed by atoms with van der Waals surface area (Å²) in [4.78, 5) is 0. The van der Waals surface area contributed by atoms with Crippen LogP contribution in [0.25, 0.3) is 0 Å². The fraction of sp³-hybridized carbons (Fsp3) is 0.818. The quantitative estimate of drug-likeness (QED) is 0.512. The summed E-state index contributed by atoms with van der Waals surface area (Å²) < 4.78 is 0. The Hall–Kier alpha value is -0.340. The highest BCUT2D eigenvalue weighted by Crippen LogP contribution is 2.19. The van der Waals surface area contributed by atoms with Crippen LogP contribution in [0, 0.1) is 5.21 Å². The molecule has 0 fully saturated rings. The first-order valence-corrected chi connectivity index (χ1v) is 5.40. The van der Waals surface area contributed by atoms with E-state index in [9.17, 15) is 5.21 Å². The first-order chi connectivity index (χ1) is 6.19. The third-order valence-electron chi connectivity index (χ3n) is 3.01. The van der Waals surface area contributed by atoms with E-state index in [0.29, 0.717) is 5.06 Å². The minimum Gasteiger partial charge on any atom is -0.629 e. The molecule has 13 heavy (non-hydrogen) atoms. The summed E-state index contributed by atoms with van der Waals surface area (Å²) in [5, 5.41) is 11.8. The van der Waals surface area contributed by atoms with Crippen molar-refractivity contribution >= 4 is 0 Å². The van der Waals surface area contributed by atoms with Crippen LogP contribution in [0.1, 0.15) is 52.4 Å². The van der Waals surface area contributed by atoms with Crippen molar-refractivity contribution in [2.75, 3.05) is 0 Å². The highest BCUT2D eigenvalue weighted by Gasteiger charge is 2.31. The van der Waals surface area contributed by atoms with E-state index in [1.54, 1.807) is 6.20 Å². The Morgan fingerprint density at radius 2 is 2.15 bits per heavy atom.